The Kier molecular flexibility index (Phi) is 22.5. The van der Waals surface area contributed by atoms with Gasteiger partial charge in [-0.1, -0.05) is 126 Å². The van der Waals surface area contributed by atoms with Crippen molar-refractivity contribution in [3.8, 4) is 0 Å². The number of hydrogen-bond acceptors (Lipinski definition) is 15. The molecular weight excluding hydrogens is 1040 g/mol. The number of ether oxygens (including phenoxy) is 4. The SMILES string of the molecule is C.C.CC(C)(C)[O-].CC[C@H]1O[C@@H](n2cnc3c(=O)[nH]c(N=CN(C)C)nc32)[C@@H]2OC(=O)N(Cc3ccccc3)[C@@H]21.CC[C@H]1O[C@@H](n2cnc3c(=O)[nH]c(N=CN(C)C)nc32)[C@H](OC(=O)CCc2ccccc2)[C@H]1Br.[Na+]. The van der Waals surface area contributed by atoms with Gasteiger partial charge in [0.1, 0.15) is 6.04 Å². The minimum Gasteiger partial charge on any atom is -0.850 e. The van der Waals surface area contributed by atoms with E-state index in [9.17, 15) is 24.3 Å². The third-order valence-corrected chi connectivity index (χ3v) is 12.5. The molecule has 0 saturated carbocycles. The molecule has 2 aromatic carbocycles. The minimum atomic E-state index is -0.750. The van der Waals surface area contributed by atoms with Crippen molar-refractivity contribution in [2.45, 2.75) is 135 Å². The number of nitrogens with zero attached hydrogens (tertiary/aromatic N) is 11. The maximum absolute atomic E-state index is 12.8. The number of alkyl halides is 1. The minimum absolute atomic E-state index is 0. The number of H-pyrrole nitrogens is 2. The van der Waals surface area contributed by atoms with Gasteiger partial charge in [0.25, 0.3) is 11.1 Å². The summed E-state index contributed by atoms with van der Waals surface area (Å²) in [5.74, 6) is -0.0291. The molecule has 400 valence electrons. The zero-order valence-corrected chi connectivity index (χ0v) is 46.3. The second kappa shape index (κ2) is 27.3. The Balaban J connectivity index is 0.000000287. The molecule has 3 saturated heterocycles. The Hall–Kier alpha value is -5.82. The molecule has 3 aliphatic rings. The van der Waals surface area contributed by atoms with Crippen LogP contribution in [-0.4, -0.2) is 148 Å². The predicted octanol–water partition coefficient (Wildman–Crippen LogP) is 3.42. The molecule has 0 bridgehead atoms. The van der Waals surface area contributed by atoms with E-state index in [1.807, 2.05) is 103 Å². The van der Waals surface area contributed by atoms with Gasteiger partial charge in [0.05, 0.1) is 42.4 Å². The van der Waals surface area contributed by atoms with Crippen LogP contribution >= 0.6 is 15.9 Å². The summed E-state index contributed by atoms with van der Waals surface area (Å²) in [6, 6.07) is 19.3. The summed E-state index contributed by atoms with van der Waals surface area (Å²) in [5, 5.41) is 10.1. The summed E-state index contributed by atoms with van der Waals surface area (Å²) in [5.41, 5.74) is 1.47. The van der Waals surface area contributed by atoms with E-state index in [2.05, 4.69) is 55.8 Å². The van der Waals surface area contributed by atoms with Crippen LogP contribution < -0.4 is 45.8 Å². The van der Waals surface area contributed by atoms with E-state index in [0.717, 1.165) is 11.1 Å². The quantitative estimate of drug-likeness (QED) is 0.0521. The van der Waals surface area contributed by atoms with Crippen LogP contribution in [-0.2, 0) is 36.7 Å². The molecule has 4 aromatic heterocycles. The fourth-order valence-corrected chi connectivity index (χ4v) is 9.04. The number of esters is 1. The summed E-state index contributed by atoms with van der Waals surface area (Å²) in [7, 11) is 7.26. The number of rotatable bonds is 14. The fourth-order valence-electron chi connectivity index (χ4n) is 8.18. The summed E-state index contributed by atoms with van der Waals surface area (Å²) >= 11 is 3.66. The fraction of sp³-hybridized carbons (Fsp3) is 0.490. The second-order valence-electron chi connectivity index (χ2n) is 18.7. The van der Waals surface area contributed by atoms with Gasteiger partial charge in [-0.25, -0.2) is 24.7 Å². The third-order valence-electron chi connectivity index (χ3n) is 11.3. The van der Waals surface area contributed by atoms with Crippen molar-refractivity contribution in [2.75, 3.05) is 28.2 Å². The van der Waals surface area contributed by atoms with Crippen molar-refractivity contribution >= 4 is 74.9 Å². The second-order valence-corrected chi connectivity index (χ2v) is 19.8. The van der Waals surface area contributed by atoms with Gasteiger partial charge in [0.2, 0.25) is 11.9 Å². The number of fused-ring (bicyclic) bond motifs is 3. The van der Waals surface area contributed by atoms with Gasteiger partial charge < -0.3 is 33.9 Å². The number of hydrogen-bond donors (Lipinski definition) is 2. The summed E-state index contributed by atoms with van der Waals surface area (Å²) in [6.07, 6.45) is 4.96. The molecule has 24 heteroatoms. The van der Waals surface area contributed by atoms with E-state index in [4.69, 9.17) is 18.9 Å². The van der Waals surface area contributed by atoms with Crippen molar-refractivity contribution in [2.24, 2.45) is 9.98 Å². The molecule has 1 amide bonds. The number of benzene rings is 2. The first-order valence-corrected chi connectivity index (χ1v) is 24.5. The predicted molar refractivity (Wildman–Crippen MR) is 285 cm³/mol. The van der Waals surface area contributed by atoms with Crippen molar-refractivity contribution in [1.29, 1.82) is 0 Å². The Morgan fingerprint density at radius 3 is 1.73 bits per heavy atom. The van der Waals surface area contributed by atoms with E-state index in [1.54, 1.807) is 50.9 Å². The van der Waals surface area contributed by atoms with Crippen molar-refractivity contribution in [1.82, 2.24) is 53.7 Å². The summed E-state index contributed by atoms with van der Waals surface area (Å²) in [6.45, 7) is 9.34. The number of aromatic nitrogens is 8. The van der Waals surface area contributed by atoms with E-state index < -0.39 is 41.4 Å². The number of halogens is 1. The van der Waals surface area contributed by atoms with E-state index in [0.29, 0.717) is 37.1 Å². The number of amides is 1. The van der Waals surface area contributed by atoms with Crippen LogP contribution in [0.2, 0.25) is 0 Å². The molecular formula is C51H69BrN13NaO9. The van der Waals surface area contributed by atoms with Crippen LogP contribution in [0, 0.1) is 0 Å². The van der Waals surface area contributed by atoms with E-state index in [-0.39, 0.29) is 109 Å². The van der Waals surface area contributed by atoms with Crippen LogP contribution in [0.3, 0.4) is 0 Å². The first-order valence-electron chi connectivity index (χ1n) is 23.6. The van der Waals surface area contributed by atoms with Gasteiger partial charge in [0.15, 0.2) is 47.0 Å². The third kappa shape index (κ3) is 15.4. The number of nitrogens with one attached hydrogen (secondary N) is 2. The van der Waals surface area contributed by atoms with Gasteiger partial charge in [-0.05, 0) is 30.4 Å². The van der Waals surface area contributed by atoms with Crippen LogP contribution in [0.25, 0.3) is 22.3 Å². The van der Waals surface area contributed by atoms with Gasteiger partial charge in [-0.2, -0.15) is 9.97 Å². The molecule has 0 unspecified atom stereocenters. The molecule has 7 heterocycles. The Bertz CT molecular complexity index is 2970. The number of aliphatic imine (C=N–C) groups is 2. The Labute approximate surface area is 467 Å². The largest absolute Gasteiger partial charge is 1.00 e. The van der Waals surface area contributed by atoms with E-state index in [1.165, 1.54) is 19.0 Å². The maximum atomic E-state index is 12.8. The number of aromatic amines is 2. The Morgan fingerprint density at radius 1 is 0.787 bits per heavy atom. The zero-order valence-electron chi connectivity index (χ0n) is 42.7. The molecule has 3 aliphatic heterocycles. The summed E-state index contributed by atoms with van der Waals surface area (Å²) < 4.78 is 27.5. The summed E-state index contributed by atoms with van der Waals surface area (Å²) in [4.78, 5) is 86.6. The van der Waals surface area contributed by atoms with Gasteiger partial charge in [-0.3, -0.25) is 38.4 Å². The monoisotopic (exact) mass is 1110 g/mol. The number of aryl methyl sites for hydroxylation is 1. The topological polar surface area (TPSA) is 256 Å². The van der Waals surface area contributed by atoms with Crippen LogP contribution in [0.4, 0.5) is 16.7 Å². The molecule has 0 spiro atoms. The molecule has 6 aromatic rings. The number of imidazole rings is 2. The van der Waals surface area contributed by atoms with E-state index >= 15 is 0 Å². The molecule has 0 aliphatic carbocycles. The zero-order chi connectivity index (χ0) is 51.9. The average Bonchev–Trinajstić information content (AvgIpc) is 4.17. The molecule has 2 N–H and O–H groups in total. The van der Waals surface area contributed by atoms with Gasteiger partial charge in [-0.15, -0.1) is 5.60 Å². The van der Waals surface area contributed by atoms with Gasteiger partial charge >= 0.3 is 41.6 Å². The Morgan fingerprint density at radius 2 is 1.25 bits per heavy atom. The molecule has 8 atom stereocenters. The van der Waals surface area contributed by atoms with Crippen LogP contribution in [0.1, 0.15) is 92.3 Å². The number of carbonyl (C=O) groups is 2. The first-order chi connectivity index (χ1) is 34.3. The van der Waals surface area contributed by atoms with Crippen molar-refractivity contribution in [3.63, 3.8) is 0 Å². The van der Waals surface area contributed by atoms with Crippen LogP contribution in [0.5, 0.6) is 0 Å². The first kappa shape index (κ1) is 61.7. The smallest absolute Gasteiger partial charge is 0.850 e. The van der Waals surface area contributed by atoms with Gasteiger partial charge in [0, 0.05) is 41.2 Å². The number of carbonyl (C=O) groups excluding carboxylic acids is 2. The maximum Gasteiger partial charge on any atom is 1.00 e. The standard InChI is InChI=1S/C23H27BrN6O4.C22H25N7O4.C4H9O.2CH4.Na/c1-4-15-17(24)19(34-16(31)11-10-14-8-6-5-7-9-14)22(33-15)30-13-25-18-20(30)27-23(28-21(18)32)26-12-29(2)3;1-4-14-16-17(33-22(31)28(16)10-13-8-6-5-7-9-13)20(32-14)29-12-23-15-18(29)25-21(26-19(15)30)24-11-27(2)3;1-4(2,3)5;;;/h5-9,12-13,15,17,19,22H,4,10-11H2,1-3H3,(H,27,28,32);5-9,11-12,14,16-17,20H,4,10H2,1-3H3,(H,25,26,30);1-3H3;2*1H4;/q;;-1;;;+1/t15-,17+,19-,22-;14-,16-,17-,20-;;;;/m11..../s1. The van der Waals surface area contributed by atoms with Crippen LogP contribution in [0.15, 0.2) is 92.9 Å². The molecule has 22 nitrogen and oxygen atoms in total. The molecule has 9 rings (SSSR count). The molecule has 3 fully saturated rings. The molecule has 0 radical (unpaired) electrons. The molecule has 75 heavy (non-hydrogen) atoms. The average molecular weight is 1110 g/mol. The van der Waals surface area contributed by atoms with Crippen molar-refractivity contribution in [3.05, 3.63) is 105 Å². The van der Waals surface area contributed by atoms with Crippen molar-refractivity contribution < 1.29 is 63.2 Å². The normalized spacial score (nSPS) is 21.8.